The van der Waals surface area contributed by atoms with Gasteiger partial charge in [0.25, 0.3) is 0 Å². The topological polar surface area (TPSA) is 41.9 Å². The Bertz CT molecular complexity index is 195. The lowest BCUT2D eigenvalue weighted by molar-refractivity contribution is -0.614. The van der Waals surface area contributed by atoms with E-state index in [2.05, 4.69) is 0 Å². The monoisotopic (exact) mass is 187 g/mol. The highest BCUT2D eigenvalue weighted by Crippen LogP contribution is 2.41. The first-order valence-electron chi connectivity index (χ1n) is 4.96. The molecular weight excluding hydrogens is 170 g/mol. The molecule has 4 nitrogen and oxygen atoms in total. The van der Waals surface area contributed by atoms with Gasteiger partial charge in [-0.2, -0.15) is 0 Å². The van der Waals surface area contributed by atoms with E-state index >= 15 is 0 Å². The average Bonchev–Trinajstić information content (AvgIpc) is 2.53. The van der Waals surface area contributed by atoms with Gasteiger partial charge < -0.3 is 5.11 Å². The van der Waals surface area contributed by atoms with Crippen molar-refractivity contribution >= 4 is 0 Å². The van der Waals surface area contributed by atoms with Crippen molar-refractivity contribution in [3.05, 3.63) is 0 Å². The Labute approximate surface area is 78.4 Å². The third-order valence-electron chi connectivity index (χ3n) is 2.85. The van der Waals surface area contributed by atoms with Gasteiger partial charge in [-0.15, -0.1) is 0 Å². The fourth-order valence-corrected chi connectivity index (χ4v) is 1.84. The van der Waals surface area contributed by atoms with Crippen LogP contribution in [0.4, 0.5) is 0 Å². The maximum atomic E-state index is 9.86. The lowest BCUT2D eigenvalue weighted by atomic mass is 10.2. The molecule has 0 aromatic rings. The second-order valence-electron chi connectivity index (χ2n) is 3.93. The zero-order chi connectivity index (χ0) is 9.53. The second kappa shape index (κ2) is 2.92. The van der Waals surface area contributed by atoms with Gasteiger partial charge in [0.15, 0.2) is 5.79 Å². The highest BCUT2D eigenvalue weighted by molar-refractivity contribution is 4.80. The van der Waals surface area contributed by atoms with E-state index in [1.807, 2.05) is 18.7 Å². The van der Waals surface area contributed by atoms with Crippen LogP contribution in [-0.2, 0) is 9.47 Å². The molecule has 4 heteroatoms. The molecule has 0 spiro atoms. The molecule has 0 radical (unpaired) electrons. The van der Waals surface area contributed by atoms with Gasteiger partial charge in [0.1, 0.15) is 0 Å². The average molecular weight is 187 g/mol. The summed E-state index contributed by atoms with van der Waals surface area (Å²) in [5, 5.41) is 9.86. The van der Waals surface area contributed by atoms with Crippen molar-refractivity contribution < 1.29 is 14.6 Å². The maximum absolute atomic E-state index is 9.86. The summed E-state index contributed by atoms with van der Waals surface area (Å²) in [5.41, 5.74) is 0. The van der Waals surface area contributed by atoms with E-state index < -0.39 is 11.9 Å². The van der Waals surface area contributed by atoms with Gasteiger partial charge in [-0.1, -0.05) is 6.92 Å². The number of hydrogen-bond donors (Lipinski definition) is 1. The zero-order valence-corrected chi connectivity index (χ0v) is 8.25. The van der Waals surface area contributed by atoms with E-state index in [4.69, 9.17) is 9.47 Å². The van der Waals surface area contributed by atoms with Crippen LogP contribution in [0.3, 0.4) is 0 Å². The SMILES string of the molecule is CCC1(C)OC(O)(N2CCCC2)O1. The van der Waals surface area contributed by atoms with Crippen molar-refractivity contribution in [1.82, 2.24) is 4.90 Å². The summed E-state index contributed by atoms with van der Waals surface area (Å²) in [4.78, 5) is 1.84. The molecular formula is C9H17NO3. The summed E-state index contributed by atoms with van der Waals surface area (Å²) in [6.07, 6.45) is 1.54. The van der Waals surface area contributed by atoms with Crippen molar-refractivity contribution in [2.24, 2.45) is 0 Å². The largest absolute Gasteiger partial charge is 0.355 e. The summed E-state index contributed by atoms with van der Waals surface area (Å²) in [6, 6.07) is 0. The van der Waals surface area contributed by atoms with Crippen LogP contribution in [0.2, 0.25) is 0 Å². The van der Waals surface area contributed by atoms with Gasteiger partial charge in [-0.05, 0) is 26.2 Å². The first kappa shape index (κ1) is 9.40. The molecule has 2 saturated heterocycles. The molecule has 76 valence electrons. The zero-order valence-electron chi connectivity index (χ0n) is 8.25. The van der Waals surface area contributed by atoms with Crippen LogP contribution in [0.5, 0.6) is 0 Å². The summed E-state index contributed by atoms with van der Waals surface area (Å²) in [6.45, 7) is 5.54. The highest BCUT2D eigenvalue weighted by Gasteiger charge is 2.57. The fourth-order valence-electron chi connectivity index (χ4n) is 1.84. The molecule has 0 unspecified atom stereocenters. The highest BCUT2D eigenvalue weighted by atomic mass is 17.0. The number of rotatable bonds is 2. The Kier molecular flexibility index (Phi) is 2.11. The van der Waals surface area contributed by atoms with E-state index in [1.165, 1.54) is 0 Å². The molecule has 0 amide bonds. The third kappa shape index (κ3) is 1.48. The molecule has 0 aromatic heterocycles. The minimum Gasteiger partial charge on any atom is -0.330 e. The molecule has 2 aliphatic rings. The van der Waals surface area contributed by atoms with Crippen molar-refractivity contribution in [2.45, 2.75) is 45.0 Å². The van der Waals surface area contributed by atoms with Crippen LogP contribution in [-0.4, -0.2) is 35.0 Å². The van der Waals surface area contributed by atoms with E-state index in [1.54, 1.807) is 0 Å². The molecule has 0 aliphatic carbocycles. The molecule has 2 aliphatic heterocycles. The number of hydrogen-bond acceptors (Lipinski definition) is 4. The number of ether oxygens (including phenoxy) is 2. The Balaban J connectivity index is 1.94. The van der Waals surface area contributed by atoms with Crippen molar-refractivity contribution in [1.29, 1.82) is 0 Å². The van der Waals surface area contributed by atoms with Crippen molar-refractivity contribution in [3.8, 4) is 0 Å². The smallest absolute Gasteiger partial charge is 0.330 e. The van der Waals surface area contributed by atoms with Crippen LogP contribution in [0.15, 0.2) is 0 Å². The lowest BCUT2D eigenvalue weighted by Crippen LogP contribution is -2.68. The molecule has 0 saturated carbocycles. The Morgan fingerprint density at radius 1 is 1.31 bits per heavy atom. The summed E-state index contributed by atoms with van der Waals surface area (Å²) < 4.78 is 10.8. The molecule has 0 aromatic carbocycles. The molecule has 2 rings (SSSR count). The third-order valence-corrected chi connectivity index (χ3v) is 2.85. The van der Waals surface area contributed by atoms with Gasteiger partial charge in [0.05, 0.1) is 0 Å². The van der Waals surface area contributed by atoms with Gasteiger partial charge in [0, 0.05) is 13.1 Å². The quantitative estimate of drug-likeness (QED) is 0.696. The van der Waals surface area contributed by atoms with E-state index in [9.17, 15) is 5.11 Å². The van der Waals surface area contributed by atoms with Crippen LogP contribution in [0.25, 0.3) is 0 Å². The van der Waals surface area contributed by atoms with Crippen molar-refractivity contribution in [3.63, 3.8) is 0 Å². The predicted molar refractivity (Wildman–Crippen MR) is 46.6 cm³/mol. The maximum Gasteiger partial charge on any atom is 0.355 e. The Morgan fingerprint density at radius 3 is 2.31 bits per heavy atom. The Morgan fingerprint density at radius 2 is 1.85 bits per heavy atom. The molecule has 0 bridgehead atoms. The summed E-state index contributed by atoms with van der Waals surface area (Å²) in [5.74, 6) is -0.586. The molecule has 2 fully saturated rings. The van der Waals surface area contributed by atoms with Gasteiger partial charge in [-0.25, -0.2) is 4.90 Å². The Hall–Kier alpha value is -0.160. The van der Waals surface area contributed by atoms with Crippen LogP contribution in [0, 0.1) is 0 Å². The minimum absolute atomic E-state index is 0.586. The van der Waals surface area contributed by atoms with Crippen LogP contribution < -0.4 is 0 Å². The molecule has 2 heterocycles. The minimum atomic E-state index is -1.43. The first-order chi connectivity index (χ1) is 6.08. The van der Waals surface area contributed by atoms with E-state index in [0.717, 1.165) is 32.4 Å². The molecule has 0 atom stereocenters. The van der Waals surface area contributed by atoms with Gasteiger partial charge in [0.2, 0.25) is 0 Å². The summed E-state index contributed by atoms with van der Waals surface area (Å²) >= 11 is 0. The molecule has 1 N–H and O–H groups in total. The van der Waals surface area contributed by atoms with E-state index in [0.29, 0.717) is 0 Å². The van der Waals surface area contributed by atoms with Crippen molar-refractivity contribution in [2.75, 3.05) is 13.1 Å². The lowest BCUT2D eigenvalue weighted by Gasteiger charge is -2.53. The predicted octanol–water partition coefficient (Wildman–Crippen LogP) is 0.859. The summed E-state index contributed by atoms with van der Waals surface area (Å²) in [7, 11) is 0. The standard InChI is InChI=1S/C9H17NO3/c1-3-8(2)12-9(11,13-8)10-6-4-5-7-10/h11H,3-7H2,1-2H3. The fraction of sp³-hybridized carbons (Fsp3) is 1.00. The van der Waals surface area contributed by atoms with Crippen LogP contribution >= 0.6 is 0 Å². The number of aliphatic hydroxyl groups is 1. The van der Waals surface area contributed by atoms with Gasteiger partial charge in [-0.3, -0.25) is 9.47 Å². The number of nitrogens with zero attached hydrogens (tertiary/aromatic N) is 1. The van der Waals surface area contributed by atoms with Gasteiger partial charge >= 0.3 is 6.10 Å². The second-order valence-corrected chi connectivity index (χ2v) is 3.93. The van der Waals surface area contributed by atoms with Crippen LogP contribution in [0.1, 0.15) is 33.1 Å². The normalized spacial score (nSPS) is 46.4. The van der Waals surface area contributed by atoms with E-state index in [-0.39, 0.29) is 0 Å². The number of likely N-dealkylation sites (tertiary alicyclic amines) is 1. The first-order valence-corrected chi connectivity index (χ1v) is 4.96. The molecule has 13 heavy (non-hydrogen) atoms.